The van der Waals surface area contributed by atoms with Gasteiger partial charge in [0.25, 0.3) is 0 Å². The van der Waals surface area contributed by atoms with Gasteiger partial charge in [-0.1, -0.05) is 20.8 Å². The molecule has 19 heavy (non-hydrogen) atoms. The van der Waals surface area contributed by atoms with Gasteiger partial charge in [-0.25, -0.2) is 21.6 Å². The summed E-state index contributed by atoms with van der Waals surface area (Å²) in [5.41, 5.74) is -0.809. The Bertz CT molecular complexity index is 557. The predicted molar refractivity (Wildman–Crippen MR) is 70.0 cm³/mol. The quantitative estimate of drug-likeness (QED) is 0.728. The van der Waals surface area contributed by atoms with Crippen molar-refractivity contribution < 1.29 is 26.7 Å². The van der Waals surface area contributed by atoms with Crippen molar-refractivity contribution in [3.8, 4) is 0 Å². The molecule has 0 aromatic carbocycles. The lowest BCUT2D eigenvalue weighted by atomic mass is 9.88. The number of hydrogen-bond donors (Lipinski definition) is 2. The highest BCUT2D eigenvalue weighted by Gasteiger charge is 2.41. The zero-order valence-electron chi connectivity index (χ0n) is 11.1. The van der Waals surface area contributed by atoms with Crippen molar-refractivity contribution >= 4 is 25.8 Å². The highest BCUT2D eigenvalue weighted by atomic mass is 32.2. The third-order valence-corrected chi connectivity index (χ3v) is 6.85. The highest BCUT2D eigenvalue weighted by Crippen LogP contribution is 2.23. The molecule has 1 aliphatic heterocycles. The summed E-state index contributed by atoms with van der Waals surface area (Å²) < 4.78 is 48.8. The average molecular weight is 313 g/mol. The van der Waals surface area contributed by atoms with Gasteiger partial charge in [0.15, 0.2) is 9.84 Å². The summed E-state index contributed by atoms with van der Waals surface area (Å²) >= 11 is 0. The van der Waals surface area contributed by atoms with Crippen LogP contribution < -0.4 is 4.72 Å². The molecule has 1 heterocycles. The van der Waals surface area contributed by atoms with E-state index in [9.17, 15) is 21.6 Å². The van der Waals surface area contributed by atoms with Crippen LogP contribution in [0.3, 0.4) is 0 Å². The zero-order chi connectivity index (χ0) is 15.1. The Balaban J connectivity index is 2.94. The molecular formula is C10H19NO6S2. The van der Waals surface area contributed by atoms with Gasteiger partial charge >= 0.3 is 5.97 Å². The molecule has 1 aliphatic rings. The topological polar surface area (TPSA) is 118 Å². The maximum Gasteiger partial charge on any atom is 0.322 e. The number of hydrogen-bond acceptors (Lipinski definition) is 5. The molecule has 0 radical (unpaired) electrons. The second kappa shape index (κ2) is 5.02. The van der Waals surface area contributed by atoms with Gasteiger partial charge in [-0.15, -0.1) is 0 Å². The fraction of sp³-hybridized carbons (Fsp3) is 0.900. The first-order valence-electron chi connectivity index (χ1n) is 5.79. The van der Waals surface area contributed by atoms with Gasteiger partial charge < -0.3 is 5.11 Å². The molecule has 0 spiro atoms. The van der Waals surface area contributed by atoms with Crippen molar-refractivity contribution in [1.82, 2.24) is 4.72 Å². The number of rotatable bonds is 4. The average Bonchev–Trinajstić information content (AvgIpc) is 2.54. The lowest BCUT2D eigenvalue weighted by Gasteiger charge is -2.28. The van der Waals surface area contributed by atoms with Crippen molar-refractivity contribution in [1.29, 1.82) is 0 Å². The zero-order valence-corrected chi connectivity index (χ0v) is 12.7. The lowest BCUT2D eigenvalue weighted by molar-refractivity contribution is -0.141. The molecule has 0 bridgehead atoms. The molecular weight excluding hydrogens is 294 g/mol. The Morgan fingerprint density at radius 3 is 2.21 bits per heavy atom. The van der Waals surface area contributed by atoms with E-state index in [1.807, 2.05) is 0 Å². The fourth-order valence-electron chi connectivity index (χ4n) is 1.86. The standard InChI is InChI=1S/C10H19NO6S2/c1-10(2,3)8(9(12)13)11-19(16,17)7-4-5-18(14,15)6-7/h7-8,11H,4-6H2,1-3H3,(H,12,13). The Hall–Kier alpha value is -0.670. The molecule has 9 heteroatoms. The van der Waals surface area contributed by atoms with Crippen molar-refractivity contribution in [2.75, 3.05) is 11.5 Å². The number of sulfone groups is 1. The number of carboxylic acid groups (broad SMARTS) is 1. The van der Waals surface area contributed by atoms with E-state index in [2.05, 4.69) is 4.72 Å². The first-order chi connectivity index (χ1) is 8.35. The summed E-state index contributed by atoms with van der Waals surface area (Å²) in [6.07, 6.45) is 0.00808. The van der Waals surface area contributed by atoms with Crippen molar-refractivity contribution in [2.24, 2.45) is 5.41 Å². The summed E-state index contributed by atoms with van der Waals surface area (Å²) in [7, 11) is -7.31. The molecule has 1 saturated heterocycles. The molecule has 1 rings (SSSR count). The lowest BCUT2D eigenvalue weighted by Crippen LogP contribution is -2.51. The smallest absolute Gasteiger partial charge is 0.322 e. The van der Waals surface area contributed by atoms with Crippen LogP contribution in [0.1, 0.15) is 27.2 Å². The molecule has 112 valence electrons. The van der Waals surface area contributed by atoms with Crippen LogP contribution >= 0.6 is 0 Å². The van der Waals surface area contributed by atoms with Gasteiger partial charge in [0.1, 0.15) is 6.04 Å². The molecule has 0 aromatic rings. The van der Waals surface area contributed by atoms with Gasteiger partial charge in [0.05, 0.1) is 16.8 Å². The molecule has 0 saturated carbocycles. The normalized spacial score (nSPS) is 25.1. The van der Waals surface area contributed by atoms with Crippen molar-refractivity contribution in [2.45, 2.75) is 38.5 Å². The van der Waals surface area contributed by atoms with E-state index >= 15 is 0 Å². The highest BCUT2D eigenvalue weighted by molar-refractivity contribution is 7.95. The SMILES string of the molecule is CC(C)(C)C(NS(=O)(=O)C1CCS(=O)(=O)C1)C(=O)O. The van der Waals surface area contributed by atoms with Crippen LogP contribution in [0.25, 0.3) is 0 Å². The Labute approximate surface area is 113 Å². The third kappa shape index (κ3) is 4.15. The maximum absolute atomic E-state index is 12.0. The van der Waals surface area contributed by atoms with Crippen LogP contribution in [-0.4, -0.2) is 50.7 Å². The molecule has 2 unspecified atom stereocenters. The van der Waals surface area contributed by atoms with E-state index in [0.29, 0.717) is 0 Å². The van der Waals surface area contributed by atoms with Gasteiger partial charge in [-0.2, -0.15) is 0 Å². The van der Waals surface area contributed by atoms with Crippen LogP contribution in [0.2, 0.25) is 0 Å². The summed E-state index contributed by atoms with van der Waals surface area (Å²) in [5.74, 6) is -1.90. The second-order valence-corrected chi connectivity index (χ2v) is 10.0. The fourth-order valence-corrected chi connectivity index (χ4v) is 6.30. The van der Waals surface area contributed by atoms with Crippen molar-refractivity contribution in [3.63, 3.8) is 0 Å². The van der Waals surface area contributed by atoms with Crippen LogP contribution in [0.15, 0.2) is 0 Å². The van der Waals surface area contributed by atoms with Crippen LogP contribution in [0.5, 0.6) is 0 Å². The summed E-state index contributed by atoms with van der Waals surface area (Å²) in [6.45, 7) is 4.79. The minimum absolute atomic E-state index is 0.00808. The Kier molecular flexibility index (Phi) is 4.33. The molecule has 0 aromatic heterocycles. The first-order valence-corrected chi connectivity index (χ1v) is 9.16. The number of nitrogens with one attached hydrogen (secondary N) is 1. The van der Waals surface area contributed by atoms with E-state index in [1.54, 1.807) is 20.8 Å². The molecule has 2 N–H and O–H groups in total. The summed E-state index contributed by atoms with van der Waals surface area (Å²) in [6, 6.07) is -1.29. The van der Waals surface area contributed by atoms with Gasteiger partial charge in [0.2, 0.25) is 10.0 Å². The molecule has 1 fully saturated rings. The molecule has 0 aliphatic carbocycles. The summed E-state index contributed by atoms with van der Waals surface area (Å²) in [4.78, 5) is 11.1. The minimum Gasteiger partial charge on any atom is -0.480 e. The van der Waals surface area contributed by atoms with Gasteiger partial charge in [0, 0.05) is 0 Å². The van der Waals surface area contributed by atoms with Gasteiger partial charge in [-0.05, 0) is 11.8 Å². The van der Waals surface area contributed by atoms with E-state index in [0.717, 1.165) is 0 Å². The molecule has 0 amide bonds. The van der Waals surface area contributed by atoms with E-state index in [1.165, 1.54) is 0 Å². The Morgan fingerprint density at radius 2 is 1.89 bits per heavy atom. The van der Waals surface area contributed by atoms with Crippen LogP contribution in [0.4, 0.5) is 0 Å². The first kappa shape index (κ1) is 16.4. The van der Waals surface area contributed by atoms with Crippen LogP contribution in [0, 0.1) is 5.41 Å². The number of carboxylic acids is 1. The third-order valence-electron chi connectivity index (χ3n) is 3.02. The Morgan fingerprint density at radius 1 is 1.37 bits per heavy atom. The summed E-state index contributed by atoms with van der Waals surface area (Å²) in [5, 5.41) is 8.00. The predicted octanol–water partition coefficient (Wildman–Crippen LogP) is -0.408. The number of aliphatic carboxylic acids is 1. The van der Waals surface area contributed by atoms with E-state index in [-0.39, 0.29) is 12.2 Å². The van der Waals surface area contributed by atoms with Crippen molar-refractivity contribution in [3.05, 3.63) is 0 Å². The van der Waals surface area contributed by atoms with E-state index in [4.69, 9.17) is 5.11 Å². The molecule has 2 atom stereocenters. The van der Waals surface area contributed by atoms with E-state index < -0.39 is 48.3 Å². The second-order valence-electron chi connectivity index (χ2n) is 5.83. The minimum atomic E-state index is -3.97. The number of sulfonamides is 1. The number of carbonyl (C=O) groups is 1. The monoisotopic (exact) mass is 313 g/mol. The largest absolute Gasteiger partial charge is 0.480 e. The van der Waals surface area contributed by atoms with Gasteiger partial charge in [-0.3, -0.25) is 4.79 Å². The molecule has 7 nitrogen and oxygen atoms in total. The van der Waals surface area contributed by atoms with Crippen LogP contribution in [-0.2, 0) is 24.7 Å². The maximum atomic E-state index is 12.0.